The number of aliphatic hydroxyl groups is 1. The van der Waals surface area contributed by atoms with E-state index in [2.05, 4.69) is 52.7 Å². The molecule has 1 spiro atoms. The molecule has 124 valence electrons. The monoisotopic (exact) mass is 334 g/mol. The highest BCUT2D eigenvalue weighted by molar-refractivity contribution is 6.83. The van der Waals surface area contributed by atoms with Crippen LogP contribution < -0.4 is 0 Å². The Labute approximate surface area is 138 Å². The van der Waals surface area contributed by atoms with Crippen molar-refractivity contribution in [2.24, 2.45) is 16.7 Å². The van der Waals surface area contributed by atoms with Crippen molar-refractivity contribution in [2.45, 2.75) is 88.6 Å². The highest BCUT2D eigenvalue weighted by atomic mass is 28.3. The quantitative estimate of drug-likeness (QED) is 0.538. The molecule has 1 nitrogen and oxygen atoms in total. The van der Waals surface area contributed by atoms with E-state index in [0.29, 0.717) is 5.04 Å². The van der Waals surface area contributed by atoms with E-state index in [9.17, 15) is 5.11 Å². The Balaban J connectivity index is 2.00. The second-order valence-electron chi connectivity index (χ2n) is 11.5. The van der Waals surface area contributed by atoms with Crippen molar-refractivity contribution >= 4 is 16.1 Å². The molecule has 0 aromatic heterocycles. The van der Waals surface area contributed by atoms with Crippen LogP contribution in [0.3, 0.4) is 0 Å². The van der Waals surface area contributed by atoms with Crippen LogP contribution in [-0.4, -0.2) is 26.9 Å². The zero-order valence-electron chi connectivity index (χ0n) is 15.6. The van der Waals surface area contributed by atoms with Gasteiger partial charge in [-0.15, -0.1) is 0 Å². The molecule has 0 aromatic carbocycles. The van der Waals surface area contributed by atoms with Crippen LogP contribution in [0.4, 0.5) is 0 Å². The maximum absolute atomic E-state index is 11.9. The number of allylic oxidation sites excluding steroid dienone is 1. The van der Waals surface area contributed by atoms with Gasteiger partial charge in [0.1, 0.15) is 0 Å². The van der Waals surface area contributed by atoms with Crippen LogP contribution in [0, 0.1) is 16.7 Å². The summed E-state index contributed by atoms with van der Waals surface area (Å²) >= 11 is 0. The van der Waals surface area contributed by atoms with Gasteiger partial charge in [-0.05, 0) is 47.7 Å². The summed E-state index contributed by atoms with van der Waals surface area (Å²) in [7, 11) is -2.56. The molecule has 4 rings (SSSR count). The molecule has 1 aliphatic heterocycles. The molecule has 3 aliphatic carbocycles. The minimum absolute atomic E-state index is 0.159. The molecule has 22 heavy (non-hydrogen) atoms. The van der Waals surface area contributed by atoms with Crippen molar-refractivity contribution in [1.82, 2.24) is 0 Å². The largest absolute Gasteiger partial charge is 0.389 e. The van der Waals surface area contributed by atoms with E-state index in [1.54, 1.807) is 5.57 Å². The average Bonchev–Trinajstić information content (AvgIpc) is 2.88. The fourth-order valence-corrected chi connectivity index (χ4v) is 15.1. The number of hydrogen-bond donors (Lipinski definition) is 1. The fraction of sp³-hybridized carbons (Fsp3) is 0.895. The Morgan fingerprint density at radius 3 is 2.45 bits per heavy atom. The van der Waals surface area contributed by atoms with Crippen LogP contribution >= 0.6 is 0 Å². The van der Waals surface area contributed by atoms with Gasteiger partial charge in [0, 0.05) is 13.5 Å². The Kier molecular flexibility index (Phi) is 2.63. The highest BCUT2D eigenvalue weighted by Gasteiger charge is 2.87. The first-order valence-electron chi connectivity index (χ1n) is 9.25. The molecule has 0 aromatic rings. The fourth-order valence-electron chi connectivity index (χ4n) is 7.82. The van der Waals surface area contributed by atoms with Crippen molar-refractivity contribution in [3.05, 3.63) is 11.6 Å². The predicted molar refractivity (Wildman–Crippen MR) is 99.7 cm³/mol. The van der Waals surface area contributed by atoms with Gasteiger partial charge in [-0.25, -0.2) is 0 Å². The van der Waals surface area contributed by atoms with Crippen molar-refractivity contribution in [1.29, 1.82) is 0 Å². The van der Waals surface area contributed by atoms with Gasteiger partial charge < -0.3 is 5.11 Å². The molecule has 1 heterocycles. The summed E-state index contributed by atoms with van der Waals surface area (Å²) in [5.74, 6) is 0.843. The maximum Gasteiger partial charge on any atom is 0.0751 e. The first-order valence-corrected chi connectivity index (χ1v) is 16.2. The first-order chi connectivity index (χ1) is 9.82. The van der Waals surface area contributed by atoms with E-state index in [1.165, 1.54) is 18.5 Å². The minimum atomic E-state index is -1.31. The molecule has 0 amide bonds. The number of hydrogen-bond acceptors (Lipinski definition) is 1. The zero-order chi connectivity index (χ0) is 16.4. The van der Waals surface area contributed by atoms with Gasteiger partial charge in [0.15, 0.2) is 0 Å². The van der Waals surface area contributed by atoms with Gasteiger partial charge in [0.05, 0.1) is 13.7 Å². The van der Waals surface area contributed by atoms with E-state index in [4.69, 9.17) is 0 Å². The topological polar surface area (TPSA) is 20.2 Å². The SMILES string of the molecule is CC1(C)C[C@]2(O)C[C@H]3C[C@@]34[C@]2(C[Si](C)(C)C)C1=CC[Si]4(C)C. The molecule has 3 heteroatoms. The number of rotatable bonds is 2. The lowest BCUT2D eigenvalue weighted by Gasteiger charge is -2.56. The average molecular weight is 335 g/mol. The normalized spacial score (nSPS) is 50.4. The van der Waals surface area contributed by atoms with Crippen LogP contribution in [0.15, 0.2) is 11.6 Å². The third-order valence-corrected chi connectivity index (χ3v) is 14.3. The van der Waals surface area contributed by atoms with E-state index < -0.39 is 21.7 Å². The Morgan fingerprint density at radius 2 is 1.86 bits per heavy atom. The van der Waals surface area contributed by atoms with Crippen LogP contribution in [-0.2, 0) is 0 Å². The molecular weight excluding hydrogens is 300 g/mol. The molecular formula is C19H34OSi2. The maximum atomic E-state index is 11.9. The van der Waals surface area contributed by atoms with Crippen LogP contribution in [0.1, 0.15) is 33.1 Å². The summed E-state index contributed by atoms with van der Waals surface area (Å²) in [6.45, 7) is 17.6. The van der Waals surface area contributed by atoms with Crippen molar-refractivity contribution in [3.63, 3.8) is 0 Å². The standard InChI is InChI=1S/C19H34OSi2/c1-16(2)12-17(20)10-14-11-19(14)18(17,13-21(3,4)5)15(16)8-9-22(19,6)7/h8,14,20H,9-13H2,1-7H3/t14-,17+,18+,19-/m0/s1. The van der Waals surface area contributed by atoms with E-state index in [0.717, 1.165) is 18.8 Å². The molecule has 4 aliphatic rings. The Morgan fingerprint density at radius 1 is 1.23 bits per heavy atom. The predicted octanol–water partition coefficient (Wildman–Crippen LogP) is 5.28. The molecule has 0 bridgehead atoms. The van der Waals surface area contributed by atoms with Crippen LogP contribution in [0.25, 0.3) is 0 Å². The summed E-state index contributed by atoms with van der Waals surface area (Å²) in [6.07, 6.45) is 6.19. The molecule has 4 atom stereocenters. The molecule has 3 fully saturated rings. The molecule has 0 radical (unpaired) electrons. The van der Waals surface area contributed by atoms with E-state index >= 15 is 0 Å². The summed E-state index contributed by atoms with van der Waals surface area (Å²) in [6, 6.07) is 2.67. The van der Waals surface area contributed by atoms with Gasteiger partial charge in [0.25, 0.3) is 0 Å². The van der Waals surface area contributed by atoms with E-state index in [-0.39, 0.29) is 10.8 Å². The van der Waals surface area contributed by atoms with E-state index in [1.807, 2.05) is 0 Å². The lowest BCUT2D eigenvalue weighted by molar-refractivity contribution is -0.0365. The lowest BCUT2D eigenvalue weighted by Crippen LogP contribution is -2.56. The van der Waals surface area contributed by atoms with Crippen molar-refractivity contribution < 1.29 is 5.11 Å². The van der Waals surface area contributed by atoms with Gasteiger partial charge in [-0.1, -0.05) is 58.2 Å². The first kappa shape index (κ1) is 15.6. The highest BCUT2D eigenvalue weighted by Crippen LogP contribution is 2.93. The molecule has 0 unspecified atom stereocenters. The van der Waals surface area contributed by atoms with Gasteiger partial charge in [-0.2, -0.15) is 0 Å². The smallest absolute Gasteiger partial charge is 0.0751 e. The Hall–Kier alpha value is 0.134. The summed E-state index contributed by atoms with van der Waals surface area (Å²) in [4.78, 5) is 0. The Bertz CT molecular complexity index is 585. The minimum Gasteiger partial charge on any atom is -0.389 e. The second-order valence-corrected chi connectivity index (χ2v) is 22.1. The third kappa shape index (κ3) is 1.46. The summed E-state index contributed by atoms with van der Waals surface area (Å²) < 4.78 is 0. The van der Waals surface area contributed by atoms with Gasteiger partial charge in [-0.3, -0.25) is 0 Å². The van der Waals surface area contributed by atoms with Gasteiger partial charge in [0.2, 0.25) is 0 Å². The second kappa shape index (κ2) is 3.70. The lowest BCUT2D eigenvalue weighted by atomic mass is 9.69. The van der Waals surface area contributed by atoms with Crippen molar-refractivity contribution in [2.75, 3.05) is 0 Å². The third-order valence-electron chi connectivity index (χ3n) is 7.99. The summed E-state index contributed by atoms with van der Waals surface area (Å²) in [5, 5.41) is 12.5. The molecule has 3 saturated carbocycles. The van der Waals surface area contributed by atoms with Crippen LogP contribution in [0.5, 0.6) is 0 Å². The van der Waals surface area contributed by atoms with Gasteiger partial charge >= 0.3 is 0 Å². The summed E-state index contributed by atoms with van der Waals surface area (Å²) in [5.41, 5.74) is 1.67. The molecule has 0 saturated heterocycles. The van der Waals surface area contributed by atoms with Crippen molar-refractivity contribution in [3.8, 4) is 0 Å². The zero-order valence-corrected chi connectivity index (χ0v) is 17.6. The van der Waals surface area contributed by atoms with Crippen LogP contribution in [0.2, 0.25) is 49.9 Å². The molecule has 1 N–H and O–H groups in total.